The molecule has 22 heavy (non-hydrogen) atoms. The summed E-state index contributed by atoms with van der Waals surface area (Å²) < 4.78 is 5.37. The molecular formula is C16H18Cl2N2O2. The predicted octanol–water partition coefficient (Wildman–Crippen LogP) is 3.39. The highest BCUT2D eigenvalue weighted by Gasteiger charge is 2.14. The molecule has 0 saturated carbocycles. The number of benzene rings is 1. The molecule has 0 aliphatic rings. The fourth-order valence-corrected chi connectivity index (χ4v) is 2.92. The van der Waals surface area contributed by atoms with Crippen molar-refractivity contribution in [3.8, 4) is 5.75 Å². The average molecular weight is 341 g/mol. The van der Waals surface area contributed by atoms with E-state index >= 15 is 0 Å². The van der Waals surface area contributed by atoms with E-state index < -0.39 is 0 Å². The van der Waals surface area contributed by atoms with Gasteiger partial charge in [-0.1, -0.05) is 29.3 Å². The molecule has 0 amide bonds. The number of aromatic nitrogens is 1. The van der Waals surface area contributed by atoms with Crippen LogP contribution in [0.25, 0.3) is 0 Å². The normalized spacial score (nSPS) is 11.0. The minimum absolute atomic E-state index is 0.0663. The number of rotatable bonds is 7. The summed E-state index contributed by atoms with van der Waals surface area (Å²) in [5, 5.41) is 10.3. The van der Waals surface area contributed by atoms with E-state index in [1.54, 1.807) is 19.4 Å². The molecule has 4 nitrogen and oxygen atoms in total. The molecule has 1 heterocycles. The van der Waals surface area contributed by atoms with Crippen molar-refractivity contribution in [2.24, 2.45) is 0 Å². The standard InChI is InChI=1S/C16H18Cl2N2O2/c1-22-16-13(7-14(17)8-15(16)18)11-20(5-6-21)10-12-3-2-4-19-9-12/h2-4,7-9,21H,5-6,10-11H2,1H3. The van der Waals surface area contributed by atoms with E-state index in [0.29, 0.717) is 35.4 Å². The first-order chi connectivity index (χ1) is 10.6. The molecule has 1 aromatic carbocycles. The summed E-state index contributed by atoms with van der Waals surface area (Å²) in [7, 11) is 1.58. The van der Waals surface area contributed by atoms with Gasteiger partial charge in [-0.2, -0.15) is 0 Å². The van der Waals surface area contributed by atoms with Gasteiger partial charge >= 0.3 is 0 Å². The Bertz CT molecular complexity index is 609. The van der Waals surface area contributed by atoms with Crippen LogP contribution >= 0.6 is 23.2 Å². The maximum Gasteiger partial charge on any atom is 0.142 e. The van der Waals surface area contributed by atoms with Crippen LogP contribution in [-0.2, 0) is 13.1 Å². The Morgan fingerprint density at radius 3 is 2.73 bits per heavy atom. The number of aliphatic hydroxyl groups is 1. The Morgan fingerprint density at radius 2 is 2.09 bits per heavy atom. The molecule has 0 radical (unpaired) electrons. The van der Waals surface area contributed by atoms with E-state index in [0.717, 1.165) is 11.1 Å². The number of hydrogen-bond donors (Lipinski definition) is 1. The van der Waals surface area contributed by atoms with Crippen molar-refractivity contribution >= 4 is 23.2 Å². The van der Waals surface area contributed by atoms with Crippen LogP contribution in [0.3, 0.4) is 0 Å². The number of methoxy groups -OCH3 is 1. The highest BCUT2D eigenvalue weighted by atomic mass is 35.5. The summed E-state index contributed by atoms with van der Waals surface area (Å²) in [4.78, 5) is 6.20. The fourth-order valence-electron chi connectivity index (χ4n) is 2.31. The second-order valence-electron chi connectivity index (χ2n) is 4.88. The zero-order valence-electron chi connectivity index (χ0n) is 12.3. The Hall–Kier alpha value is -1.33. The van der Waals surface area contributed by atoms with Crippen LogP contribution in [0.4, 0.5) is 0 Å². The summed E-state index contributed by atoms with van der Waals surface area (Å²) in [6.07, 6.45) is 3.55. The van der Waals surface area contributed by atoms with E-state index in [-0.39, 0.29) is 6.61 Å². The summed E-state index contributed by atoms with van der Waals surface area (Å²) >= 11 is 12.3. The largest absolute Gasteiger partial charge is 0.495 e. The smallest absolute Gasteiger partial charge is 0.142 e. The minimum atomic E-state index is 0.0663. The fraction of sp³-hybridized carbons (Fsp3) is 0.312. The number of nitrogens with zero attached hydrogens (tertiary/aromatic N) is 2. The van der Waals surface area contributed by atoms with Gasteiger partial charge in [0.25, 0.3) is 0 Å². The molecule has 0 aliphatic heterocycles. The third kappa shape index (κ3) is 4.58. The monoisotopic (exact) mass is 340 g/mol. The molecule has 0 aliphatic carbocycles. The van der Waals surface area contributed by atoms with Gasteiger partial charge in [0.1, 0.15) is 5.75 Å². The molecule has 1 aromatic heterocycles. The van der Waals surface area contributed by atoms with Gasteiger partial charge in [-0.05, 0) is 23.8 Å². The first kappa shape index (κ1) is 17.0. The van der Waals surface area contributed by atoms with Crippen molar-refractivity contribution in [1.82, 2.24) is 9.88 Å². The molecule has 1 N–H and O–H groups in total. The SMILES string of the molecule is COc1c(Cl)cc(Cl)cc1CN(CCO)Cc1cccnc1. The highest BCUT2D eigenvalue weighted by molar-refractivity contribution is 6.35. The van der Waals surface area contributed by atoms with Crippen LogP contribution in [0.2, 0.25) is 10.0 Å². The second kappa shape index (κ2) is 8.34. The average Bonchev–Trinajstić information content (AvgIpc) is 2.48. The van der Waals surface area contributed by atoms with Crippen molar-refractivity contribution in [3.63, 3.8) is 0 Å². The van der Waals surface area contributed by atoms with Crippen molar-refractivity contribution in [3.05, 3.63) is 57.8 Å². The number of ether oxygens (including phenoxy) is 1. The summed E-state index contributed by atoms with van der Waals surface area (Å²) in [5.41, 5.74) is 1.96. The van der Waals surface area contributed by atoms with Gasteiger partial charge < -0.3 is 9.84 Å². The van der Waals surface area contributed by atoms with Gasteiger partial charge in [0.2, 0.25) is 0 Å². The van der Waals surface area contributed by atoms with Gasteiger partial charge in [-0.15, -0.1) is 0 Å². The molecule has 0 saturated heterocycles. The predicted molar refractivity (Wildman–Crippen MR) is 88.5 cm³/mol. The van der Waals surface area contributed by atoms with E-state index in [1.165, 1.54) is 0 Å². The number of aliphatic hydroxyl groups excluding tert-OH is 1. The molecule has 118 valence electrons. The maximum atomic E-state index is 9.29. The lowest BCUT2D eigenvalue weighted by molar-refractivity contribution is 0.183. The molecule has 0 spiro atoms. The van der Waals surface area contributed by atoms with Crippen LogP contribution in [0.15, 0.2) is 36.7 Å². The summed E-state index contributed by atoms with van der Waals surface area (Å²) in [6.45, 7) is 1.83. The van der Waals surface area contributed by atoms with Crippen LogP contribution in [0.1, 0.15) is 11.1 Å². The topological polar surface area (TPSA) is 45.6 Å². The molecular weight excluding hydrogens is 323 g/mol. The van der Waals surface area contributed by atoms with E-state index in [4.69, 9.17) is 27.9 Å². The minimum Gasteiger partial charge on any atom is -0.495 e. The summed E-state index contributed by atoms with van der Waals surface area (Å²) in [6, 6.07) is 7.38. The molecule has 0 unspecified atom stereocenters. The molecule has 0 bridgehead atoms. The lowest BCUT2D eigenvalue weighted by Gasteiger charge is -2.23. The molecule has 2 aromatic rings. The molecule has 6 heteroatoms. The third-order valence-electron chi connectivity index (χ3n) is 3.23. The number of hydrogen-bond acceptors (Lipinski definition) is 4. The van der Waals surface area contributed by atoms with Gasteiger partial charge in [0.05, 0.1) is 18.7 Å². The Balaban J connectivity index is 2.20. The number of halogens is 2. The zero-order valence-corrected chi connectivity index (χ0v) is 13.8. The molecule has 0 atom stereocenters. The van der Waals surface area contributed by atoms with Crippen molar-refractivity contribution < 1.29 is 9.84 Å². The third-order valence-corrected chi connectivity index (χ3v) is 3.73. The van der Waals surface area contributed by atoms with Gasteiger partial charge in [-0.3, -0.25) is 9.88 Å². The quantitative estimate of drug-likeness (QED) is 0.839. The van der Waals surface area contributed by atoms with Crippen LogP contribution in [0.5, 0.6) is 5.75 Å². The summed E-state index contributed by atoms with van der Waals surface area (Å²) in [5.74, 6) is 0.611. The Kier molecular flexibility index (Phi) is 6.46. The lowest BCUT2D eigenvalue weighted by atomic mass is 10.1. The number of pyridine rings is 1. The van der Waals surface area contributed by atoms with Crippen molar-refractivity contribution in [2.45, 2.75) is 13.1 Å². The Morgan fingerprint density at radius 1 is 1.27 bits per heavy atom. The first-order valence-corrected chi connectivity index (χ1v) is 7.63. The van der Waals surface area contributed by atoms with Crippen LogP contribution < -0.4 is 4.74 Å². The Labute approximate surface area is 140 Å². The van der Waals surface area contributed by atoms with E-state index in [9.17, 15) is 5.11 Å². The van der Waals surface area contributed by atoms with Gasteiger partial charge in [0, 0.05) is 42.6 Å². The zero-order chi connectivity index (χ0) is 15.9. The van der Waals surface area contributed by atoms with Crippen LogP contribution in [0, 0.1) is 0 Å². The van der Waals surface area contributed by atoms with E-state index in [1.807, 2.05) is 24.4 Å². The lowest BCUT2D eigenvalue weighted by Crippen LogP contribution is -2.26. The first-order valence-electron chi connectivity index (χ1n) is 6.88. The maximum absolute atomic E-state index is 9.29. The molecule has 2 rings (SSSR count). The van der Waals surface area contributed by atoms with Crippen molar-refractivity contribution in [2.75, 3.05) is 20.3 Å². The second-order valence-corrected chi connectivity index (χ2v) is 5.72. The van der Waals surface area contributed by atoms with E-state index in [2.05, 4.69) is 9.88 Å². The van der Waals surface area contributed by atoms with Gasteiger partial charge in [-0.25, -0.2) is 0 Å². The van der Waals surface area contributed by atoms with Crippen molar-refractivity contribution in [1.29, 1.82) is 0 Å². The molecule has 0 fully saturated rings. The van der Waals surface area contributed by atoms with Gasteiger partial charge in [0.15, 0.2) is 0 Å². The van der Waals surface area contributed by atoms with Crippen LogP contribution in [-0.4, -0.2) is 35.3 Å². The highest BCUT2D eigenvalue weighted by Crippen LogP contribution is 2.33.